The second kappa shape index (κ2) is 6.73. The van der Waals surface area contributed by atoms with E-state index in [0.29, 0.717) is 10.9 Å². The standard InChI is InChI=1S/C18H21N3O4S2/c1-7-4-10(5-19-7)11-6-26-18(20-11)27-15-8(2)13-12(9(3)22)16(23)21(13)14(15)17(24)25/h4,6-9,12-13,19,22H,5H2,1-3H3,(H,24,25)/t7-,8-,9-,12?,13?/m1/s1. The van der Waals surface area contributed by atoms with Gasteiger partial charge in [-0.1, -0.05) is 24.8 Å². The van der Waals surface area contributed by atoms with Crippen molar-refractivity contribution in [2.24, 2.45) is 11.8 Å². The number of aliphatic hydroxyl groups excluding tert-OH is 1. The average Bonchev–Trinajstić information content (AvgIpc) is 3.27. The molecule has 0 aliphatic carbocycles. The Hall–Kier alpha value is -1.68. The van der Waals surface area contributed by atoms with Gasteiger partial charge >= 0.3 is 5.97 Å². The number of aromatic nitrogens is 1. The van der Waals surface area contributed by atoms with Crippen molar-refractivity contribution in [3.8, 4) is 0 Å². The zero-order valence-corrected chi connectivity index (χ0v) is 16.8. The number of hydrogen-bond donors (Lipinski definition) is 3. The smallest absolute Gasteiger partial charge is 0.353 e. The number of rotatable bonds is 5. The highest BCUT2D eigenvalue weighted by atomic mass is 32.2. The fourth-order valence-corrected chi connectivity index (χ4v) is 6.18. The first-order valence-corrected chi connectivity index (χ1v) is 10.6. The maximum absolute atomic E-state index is 12.4. The van der Waals surface area contributed by atoms with Gasteiger partial charge in [0.1, 0.15) is 5.70 Å². The minimum atomic E-state index is -1.11. The molecule has 1 aromatic heterocycles. The highest BCUT2D eigenvalue weighted by Crippen LogP contribution is 2.52. The van der Waals surface area contributed by atoms with Gasteiger partial charge < -0.3 is 20.4 Å². The summed E-state index contributed by atoms with van der Waals surface area (Å²) in [5.74, 6) is -2.13. The monoisotopic (exact) mass is 407 g/mol. The minimum Gasteiger partial charge on any atom is -0.477 e. The van der Waals surface area contributed by atoms with Gasteiger partial charge in [-0.25, -0.2) is 9.78 Å². The molecular weight excluding hydrogens is 386 g/mol. The zero-order chi connectivity index (χ0) is 19.5. The molecule has 4 rings (SSSR count). The Balaban J connectivity index is 1.62. The third kappa shape index (κ3) is 2.93. The van der Waals surface area contributed by atoms with Crippen LogP contribution in [0.4, 0.5) is 0 Å². The van der Waals surface area contributed by atoms with Gasteiger partial charge in [-0.2, -0.15) is 0 Å². The Morgan fingerprint density at radius 3 is 2.81 bits per heavy atom. The first-order chi connectivity index (χ1) is 12.8. The number of β-lactam (4-membered cyclic amide) rings is 1. The largest absolute Gasteiger partial charge is 0.477 e. The molecule has 1 amide bonds. The van der Waals surface area contributed by atoms with Gasteiger partial charge in [0.05, 0.1) is 23.8 Å². The molecule has 0 spiro atoms. The Morgan fingerprint density at radius 1 is 1.48 bits per heavy atom. The summed E-state index contributed by atoms with van der Waals surface area (Å²) in [5.41, 5.74) is 2.08. The lowest BCUT2D eigenvalue weighted by Gasteiger charge is -2.46. The maximum atomic E-state index is 12.4. The number of aliphatic hydroxyl groups is 1. The Labute approximate surface area is 165 Å². The molecule has 1 fully saturated rings. The molecule has 0 radical (unpaired) electrons. The van der Waals surface area contributed by atoms with E-state index in [0.717, 1.165) is 22.2 Å². The second-order valence-corrected chi connectivity index (χ2v) is 9.38. The molecule has 7 nitrogen and oxygen atoms in total. The number of amides is 1. The lowest BCUT2D eigenvalue weighted by Crippen LogP contribution is -2.63. The van der Waals surface area contributed by atoms with Gasteiger partial charge in [0, 0.05) is 28.8 Å². The number of nitrogens with zero attached hydrogens (tertiary/aromatic N) is 2. The fraction of sp³-hybridized carbons (Fsp3) is 0.500. The number of aliphatic carboxylic acids is 1. The van der Waals surface area contributed by atoms with E-state index in [1.807, 2.05) is 12.3 Å². The molecule has 0 aromatic carbocycles. The zero-order valence-electron chi connectivity index (χ0n) is 15.2. The van der Waals surface area contributed by atoms with E-state index >= 15 is 0 Å². The third-order valence-corrected chi connectivity index (χ3v) is 7.61. The van der Waals surface area contributed by atoms with E-state index in [1.165, 1.54) is 28.0 Å². The Kier molecular flexibility index (Phi) is 4.66. The van der Waals surface area contributed by atoms with Crippen LogP contribution in [-0.2, 0) is 9.59 Å². The molecule has 3 aliphatic heterocycles. The number of fused-ring (bicyclic) bond motifs is 1. The van der Waals surface area contributed by atoms with Gasteiger partial charge in [0.25, 0.3) is 0 Å². The van der Waals surface area contributed by atoms with Crippen LogP contribution in [0.15, 0.2) is 26.4 Å². The van der Waals surface area contributed by atoms with E-state index in [4.69, 9.17) is 0 Å². The minimum absolute atomic E-state index is 0.0338. The summed E-state index contributed by atoms with van der Waals surface area (Å²) in [5, 5.41) is 24.9. The van der Waals surface area contributed by atoms with Gasteiger partial charge in [0.15, 0.2) is 4.34 Å². The molecule has 5 atom stereocenters. The van der Waals surface area contributed by atoms with Crippen LogP contribution in [0.2, 0.25) is 0 Å². The number of carboxylic acid groups (broad SMARTS) is 1. The van der Waals surface area contributed by atoms with E-state index in [1.54, 1.807) is 6.92 Å². The number of carbonyl (C=O) groups is 2. The molecule has 4 heterocycles. The number of nitrogens with one attached hydrogen (secondary N) is 1. The maximum Gasteiger partial charge on any atom is 0.353 e. The van der Waals surface area contributed by atoms with Crippen LogP contribution in [0.25, 0.3) is 5.57 Å². The second-order valence-electron chi connectivity index (χ2n) is 7.23. The molecule has 1 saturated heterocycles. The SMILES string of the molecule is C[C@@H]1C=C(c2csc(SC3=C(C(=O)O)N4C(=O)C([C@@H](C)O)C4[C@H]3C)n2)CN1. The summed E-state index contributed by atoms with van der Waals surface area (Å²) in [6.07, 6.45) is 1.34. The van der Waals surface area contributed by atoms with Gasteiger partial charge in [-0.15, -0.1) is 11.3 Å². The van der Waals surface area contributed by atoms with Gasteiger partial charge in [0.2, 0.25) is 5.91 Å². The molecule has 9 heteroatoms. The van der Waals surface area contributed by atoms with Crippen molar-refractivity contribution in [3.63, 3.8) is 0 Å². The van der Waals surface area contributed by atoms with Crippen molar-refractivity contribution in [1.29, 1.82) is 0 Å². The summed E-state index contributed by atoms with van der Waals surface area (Å²) in [7, 11) is 0. The summed E-state index contributed by atoms with van der Waals surface area (Å²) < 4.78 is 0.759. The van der Waals surface area contributed by atoms with Crippen molar-refractivity contribution in [2.45, 2.75) is 43.3 Å². The van der Waals surface area contributed by atoms with E-state index in [9.17, 15) is 19.8 Å². The quantitative estimate of drug-likeness (QED) is 0.639. The first kappa shape index (κ1) is 18.7. The average molecular weight is 408 g/mol. The molecule has 3 N–H and O–H groups in total. The molecule has 1 aromatic rings. The van der Waals surface area contributed by atoms with E-state index in [-0.39, 0.29) is 23.6 Å². The first-order valence-electron chi connectivity index (χ1n) is 8.86. The summed E-state index contributed by atoms with van der Waals surface area (Å²) >= 11 is 2.80. The number of hydrogen-bond acceptors (Lipinski definition) is 7. The topological polar surface area (TPSA) is 103 Å². The highest BCUT2D eigenvalue weighted by molar-refractivity contribution is 8.04. The van der Waals surface area contributed by atoms with Gasteiger partial charge in [-0.05, 0) is 19.4 Å². The van der Waals surface area contributed by atoms with Crippen molar-refractivity contribution in [2.75, 3.05) is 6.54 Å². The molecule has 144 valence electrons. The van der Waals surface area contributed by atoms with Gasteiger partial charge in [-0.3, -0.25) is 4.79 Å². The van der Waals surface area contributed by atoms with Crippen molar-refractivity contribution in [3.05, 3.63) is 27.8 Å². The van der Waals surface area contributed by atoms with Crippen LogP contribution < -0.4 is 5.32 Å². The summed E-state index contributed by atoms with van der Waals surface area (Å²) in [4.78, 5) is 30.9. The van der Waals surface area contributed by atoms with Crippen LogP contribution in [0.5, 0.6) is 0 Å². The highest BCUT2D eigenvalue weighted by Gasteiger charge is 2.60. The Bertz CT molecular complexity index is 876. The molecular formula is C18H21N3O4S2. The predicted octanol–water partition coefficient (Wildman–Crippen LogP) is 1.76. The van der Waals surface area contributed by atoms with Crippen LogP contribution in [0.3, 0.4) is 0 Å². The number of carboxylic acids is 1. The summed E-state index contributed by atoms with van der Waals surface area (Å²) in [6, 6.07) is 0.0222. The van der Waals surface area contributed by atoms with Crippen LogP contribution >= 0.6 is 23.1 Å². The number of thioether (sulfide) groups is 1. The molecule has 0 saturated carbocycles. The van der Waals surface area contributed by atoms with Crippen molar-refractivity contribution in [1.82, 2.24) is 15.2 Å². The molecule has 27 heavy (non-hydrogen) atoms. The summed E-state index contributed by atoms with van der Waals surface area (Å²) in [6.45, 7) is 6.35. The lowest BCUT2D eigenvalue weighted by atomic mass is 9.79. The normalized spacial score (nSPS) is 31.0. The van der Waals surface area contributed by atoms with Crippen LogP contribution in [0, 0.1) is 11.8 Å². The molecule has 3 aliphatic rings. The van der Waals surface area contributed by atoms with E-state index in [2.05, 4.69) is 23.3 Å². The third-order valence-electron chi connectivity index (χ3n) is 5.39. The lowest BCUT2D eigenvalue weighted by molar-refractivity contribution is -0.163. The van der Waals surface area contributed by atoms with Crippen LogP contribution in [0.1, 0.15) is 26.5 Å². The molecule has 2 unspecified atom stereocenters. The number of carbonyl (C=O) groups excluding carboxylic acids is 1. The predicted molar refractivity (Wildman–Crippen MR) is 103 cm³/mol. The Morgan fingerprint density at radius 2 is 2.22 bits per heavy atom. The van der Waals surface area contributed by atoms with E-state index < -0.39 is 18.0 Å². The van der Waals surface area contributed by atoms with Crippen molar-refractivity contribution < 1.29 is 19.8 Å². The number of thiazole rings is 1. The molecule has 0 bridgehead atoms. The fourth-order valence-electron chi connectivity index (χ4n) is 4.07. The van der Waals surface area contributed by atoms with Crippen molar-refractivity contribution >= 4 is 40.5 Å². The van der Waals surface area contributed by atoms with Crippen LogP contribution in [-0.4, -0.2) is 56.7 Å².